The van der Waals surface area contributed by atoms with Crippen LogP contribution in [0.2, 0.25) is 0 Å². The first-order valence-electron chi connectivity index (χ1n) is 5.07. The first-order valence-corrected chi connectivity index (χ1v) is 6.14. The highest BCUT2D eigenvalue weighted by Crippen LogP contribution is 2.14. The van der Waals surface area contributed by atoms with Crippen LogP contribution in [0.25, 0.3) is 0 Å². The van der Waals surface area contributed by atoms with Gasteiger partial charge in [-0.2, -0.15) is 0 Å². The number of rotatable bonds is 3. The Morgan fingerprint density at radius 2 is 1.65 bits per heavy atom. The third kappa shape index (κ3) is 2.61. The van der Waals surface area contributed by atoms with Gasteiger partial charge >= 0.3 is 0 Å². The highest BCUT2D eigenvalue weighted by Gasteiger charge is 2.12. The number of hydrogen-bond donors (Lipinski definition) is 0. The van der Waals surface area contributed by atoms with Crippen molar-refractivity contribution in [3.05, 3.63) is 68.8 Å². The summed E-state index contributed by atoms with van der Waals surface area (Å²) in [6.45, 7) is 0. The fourth-order valence-corrected chi connectivity index (χ4v) is 1.92. The second-order valence-corrected chi connectivity index (χ2v) is 4.79. The first-order chi connectivity index (χ1) is 8.22. The summed E-state index contributed by atoms with van der Waals surface area (Å²) < 4.78 is 1.07. The Labute approximate surface area is 113 Å². The zero-order chi connectivity index (χ0) is 12.3. The fourth-order valence-electron chi connectivity index (χ4n) is 1.56. The number of ketones is 1. The monoisotopic (exact) mass is 336 g/mol. The van der Waals surface area contributed by atoms with Gasteiger partial charge in [0.1, 0.15) is 0 Å². The lowest BCUT2D eigenvalue weighted by Crippen LogP contribution is -2.04. The quantitative estimate of drug-likeness (QED) is 0.489. The second-order valence-electron chi connectivity index (χ2n) is 3.54. The van der Waals surface area contributed by atoms with Crippen molar-refractivity contribution in [1.82, 2.24) is 0 Å². The van der Waals surface area contributed by atoms with Crippen LogP contribution in [0.1, 0.15) is 26.3 Å². The van der Waals surface area contributed by atoms with E-state index in [0.29, 0.717) is 23.0 Å². The molecule has 0 heterocycles. The molecule has 3 heteroatoms. The molecule has 0 aliphatic carbocycles. The third-order valence-electron chi connectivity index (χ3n) is 2.44. The van der Waals surface area contributed by atoms with E-state index in [9.17, 15) is 9.59 Å². The standard InChI is InChI=1S/C14H9IO2/c15-12-7-5-10(6-8-12)14(17)13-4-2-1-3-11(13)9-16/h1-9H. The Balaban J connectivity index is 2.43. The molecule has 0 atom stereocenters. The molecule has 0 fully saturated rings. The highest BCUT2D eigenvalue weighted by molar-refractivity contribution is 14.1. The van der Waals surface area contributed by atoms with E-state index in [1.54, 1.807) is 36.4 Å². The van der Waals surface area contributed by atoms with Gasteiger partial charge in [-0.3, -0.25) is 9.59 Å². The predicted molar refractivity (Wildman–Crippen MR) is 74.4 cm³/mol. The molecule has 0 amide bonds. The molecule has 2 aromatic rings. The van der Waals surface area contributed by atoms with Crippen molar-refractivity contribution in [2.24, 2.45) is 0 Å². The second kappa shape index (κ2) is 5.23. The maximum Gasteiger partial charge on any atom is 0.193 e. The van der Waals surface area contributed by atoms with E-state index in [1.807, 2.05) is 12.1 Å². The smallest absolute Gasteiger partial charge is 0.193 e. The molecule has 2 nitrogen and oxygen atoms in total. The summed E-state index contributed by atoms with van der Waals surface area (Å²) in [6, 6.07) is 14.1. The number of carbonyl (C=O) groups excluding carboxylic acids is 2. The van der Waals surface area contributed by atoms with Crippen LogP contribution in [0, 0.1) is 3.57 Å². The van der Waals surface area contributed by atoms with Crippen LogP contribution in [0.4, 0.5) is 0 Å². The molecule has 0 aliphatic heterocycles. The van der Waals surface area contributed by atoms with Gasteiger partial charge in [-0.05, 0) is 46.9 Å². The van der Waals surface area contributed by atoms with E-state index in [-0.39, 0.29) is 5.78 Å². The van der Waals surface area contributed by atoms with Gasteiger partial charge in [0, 0.05) is 20.3 Å². The highest BCUT2D eigenvalue weighted by atomic mass is 127. The number of carbonyl (C=O) groups is 2. The molecule has 0 saturated carbocycles. The summed E-state index contributed by atoms with van der Waals surface area (Å²) in [7, 11) is 0. The summed E-state index contributed by atoms with van der Waals surface area (Å²) in [4.78, 5) is 23.0. The molecule has 0 spiro atoms. The third-order valence-corrected chi connectivity index (χ3v) is 3.16. The van der Waals surface area contributed by atoms with Crippen molar-refractivity contribution in [2.45, 2.75) is 0 Å². The minimum Gasteiger partial charge on any atom is -0.298 e. The predicted octanol–water partition coefficient (Wildman–Crippen LogP) is 3.33. The van der Waals surface area contributed by atoms with Crippen molar-refractivity contribution in [2.75, 3.05) is 0 Å². The van der Waals surface area contributed by atoms with Gasteiger partial charge in [-0.15, -0.1) is 0 Å². The minimum absolute atomic E-state index is 0.121. The van der Waals surface area contributed by atoms with Crippen LogP contribution in [0.15, 0.2) is 48.5 Å². The Morgan fingerprint density at radius 1 is 1.00 bits per heavy atom. The molecule has 2 aromatic carbocycles. The summed E-state index contributed by atoms with van der Waals surface area (Å²) in [5.74, 6) is -0.121. The molecule has 2 rings (SSSR count). The van der Waals surface area contributed by atoms with Crippen LogP contribution < -0.4 is 0 Å². The number of benzene rings is 2. The SMILES string of the molecule is O=Cc1ccccc1C(=O)c1ccc(I)cc1. The van der Waals surface area contributed by atoms with Crippen LogP contribution >= 0.6 is 22.6 Å². The molecule has 0 N–H and O–H groups in total. The van der Waals surface area contributed by atoms with Crippen molar-refractivity contribution in [3.63, 3.8) is 0 Å². The largest absolute Gasteiger partial charge is 0.298 e. The van der Waals surface area contributed by atoms with Gasteiger partial charge in [0.05, 0.1) is 0 Å². The summed E-state index contributed by atoms with van der Waals surface area (Å²) in [5.41, 5.74) is 1.47. The maximum atomic E-state index is 12.2. The topological polar surface area (TPSA) is 34.1 Å². The summed E-state index contributed by atoms with van der Waals surface area (Å²) in [6.07, 6.45) is 0.708. The van der Waals surface area contributed by atoms with Gasteiger partial charge in [-0.1, -0.05) is 24.3 Å². The van der Waals surface area contributed by atoms with Crippen molar-refractivity contribution >= 4 is 34.7 Å². The van der Waals surface area contributed by atoms with Crippen LogP contribution in [0.3, 0.4) is 0 Å². The molecule has 0 aromatic heterocycles. The van der Waals surface area contributed by atoms with Crippen molar-refractivity contribution in [1.29, 1.82) is 0 Å². The molecule has 0 aliphatic rings. The minimum atomic E-state index is -0.121. The van der Waals surface area contributed by atoms with Gasteiger partial charge in [0.15, 0.2) is 12.1 Å². The van der Waals surface area contributed by atoms with Gasteiger partial charge in [0.2, 0.25) is 0 Å². The van der Waals surface area contributed by atoms with E-state index in [0.717, 1.165) is 3.57 Å². The van der Waals surface area contributed by atoms with Crippen LogP contribution in [0.5, 0.6) is 0 Å². The van der Waals surface area contributed by atoms with E-state index < -0.39 is 0 Å². The Hall–Kier alpha value is -1.49. The lowest BCUT2D eigenvalue weighted by atomic mass is 9.99. The zero-order valence-electron chi connectivity index (χ0n) is 8.89. The fraction of sp³-hybridized carbons (Fsp3) is 0. The van der Waals surface area contributed by atoms with Crippen LogP contribution in [-0.2, 0) is 0 Å². The van der Waals surface area contributed by atoms with E-state index in [2.05, 4.69) is 22.6 Å². The first kappa shape index (κ1) is 12.0. The number of halogens is 1. The van der Waals surface area contributed by atoms with E-state index in [4.69, 9.17) is 0 Å². The molecular weight excluding hydrogens is 327 g/mol. The summed E-state index contributed by atoms with van der Waals surface area (Å²) >= 11 is 2.18. The molecule has 84 valence electrons. The molecule has 0 bridgehead atoms. The van der Waals surface area contributed by atoms with Crippen LogP contribution in [-0.4, -0.2) is 12.1 Å². The number of aldehydes is 1. The molecule has 17 heavy (non-hydrogen) atoms. The molecule has 0 unspecified atom stereocenters. The Kier molecular flexibility index (Phi) is 3.68. The zero-order valence-corrected chi connectivity index (χ0v) is 11.0. The molecule has 0 radical (unpaired) electrons. The van der Waals surface area contributed by atoms with Crippen molar-refractivity contribution in [3.8, 4) is 0 Å². The Bertz CT molecular complexity index is 559. The lowest BCUT2D eigenvalue weighted by molar-refractivity contribution is 0.102. The normalized spacial score (nSPS) is 9.94. The lowest BCUT2D eigenvalue weighted by Gasteiger charge is -2.03. The van der Waals surface area contributed by atoms with Gasteiger partial charge in [-0.25, -0.2) is 0 Å². The average molecular weight is 336 g/mol. The molecular formula is C14H9IO2. The van der Waals surface area contributed by atoms with Gasteiger partial charge in [0.25, 0.3) is 0 Å². The molecule has 0 saturated heterocycles. The summed E-state index contributed by atoms with van der Waals surface area (Å²) in [5, 5.41) is 0. The van der Waals surface area contributed by atoms with E-state index in [1.165, 1.54) is 0 Å². The van der Waals surface area contributed by atoms with E-state index >= 15 is 0 Å². The Morgan fingerprint density at radius 3 is 2.29 bits per heavy atom. The van der Waals surface area contributed by atoms with Gasteiger partial charge < -0.3 is 0 Å². The van der Waals surface area contributed by atoms with Crippen molar-refractivity contribution < 1.29 is 9.59 Å². The number of hydrogen-bond acceptors (Lipinski definition) is 2. The average Bonchev–Trinajstić information content (AvgIpc) is 2.39. The maximum absolute atomic E-state index is 12.2.